The van der Waals surface area contributed by atoms with Crippen molar-refractivity contribution in [2.45, 2.75) is 37.8 Å². The van der Waals surface area contributed by atoms with Crippen LogP contribution in [-0.4, -0.2) is 45.7 Å². The van der Waals surface area contributed by atoms with Crippen LogP contribution in [0.2, 0.25) is 6.04 Å². The van der Waals surface area contributed by atoms with Crippen molar-refractivity contribution in [2.75, 3.05) is 19.6 Å². The van der Waals surface area contributed by atoms with E-state index >= 15 is 0 Å². The van der Waals surface area contributed by atoms with E-state index in [1.807, 2.05) is 0 Å². The van der Waals surface area contributed by atoms with Gasteiger partial charge in [0.1, 0.15) is 0 Å². The molecule has 1 N–H and O–H groups in total. The molecule has 15 heavy (non-hydrogen) atoms. The second-order valence-electron chi connectivity index (χ2n) is 4.17. The Morgan fingerprint density at radius 2 is 2.00 bits per heavy atom. The Labute approximate surface area is 99.4 Å². The first-order valence-corrected chi connectivity index (χ1v) is 7.94. The van der Waals surface area contributed by atoms with Gasteiger partial charge in [-0.05, 0) is 56.5 Å². The minimum atomic E-state index is 0.183. The average molecular weight is 249 g/mol. The van der Waals surface area contributed by atoms with E-state index in [0.29, 0.717) is 0 Å². The zero-order chi connectivity index (χ0) is 10.9. The smallest absolute Gasteiger partial charge is 0.208 e. The molecule has 0 spiro atoms. The quantitative estimate of drug-likeness (QED) is 0.422. The summed E-state index contributed by atoms with van der Waals surface area (Å²) in [6.07, 6.45) is 5.81. The number of piperidine rings is 1. The molecule has 0 aliphatic carbocycles. The van der Waals surface area contributed by atoms with Crippen molar-refractivity contribution in [1.82, 2.24) is 9.88 Å². The summed E-state index contributed by atoms with van der Waals surface area (Å²) in [6, 6.07) is 2.54. The Kier molecular flexibility index (Phi) is 7.26. The standard InChI is InChI=1S/C9H20N2Si.CHClO/c1-2-8-12-11(7-1)9-3-5-10-6-4-9;2-1-3/h9-10H,1-8,12H2;1H. The molecule has 3 nitrogen and oxygen atoms in total. The van der Waals surface area contributed by atoms with E-state index in [-0.39, 0.29) is 15.4 Å². The molecule has 0 atom stereocenters. The van der Waals surface area contributed by atoms with Gasteiger partial charge < -0.3 is 9.88 Å². The van der Waals surface area contributed by atoms with E-state index in [0.717, 1.165) is 6.04 Å². The Morgan fingerprint density at radius 3 is 2.53 bits per heavy atom. The maximum absolute atomic E-state index is 8.57. The largest absolute Gasteiger partial charge is 0.326 e. The topological polar surface area (TPSA) is 32.3 Å². The molecule has 2 fully saturated rings. The Hall–Kier alpha value is 0.0969. The third-order valence-corrected chi connectivity index (χ3v) is 5.44. The molecule has 0 amide bonds. The van der Waals surface area contributed by atoms with E-state index < -0.39 is 0 Å². The highest BCUT2D eigenvalue weighted by atomic mass is 35.5. The van der Waals surface area contributed by atoms with Gasteiger partial charge in [-0.1, -0.05) is 6.42 Å². The number of carbonyl (C=O) groups excluding carboxylic acids is 1. The van der Waals surface area contributed by atoms with Crippen molar-refractivity contribution in [1.29, 1.82) is 0 Å². The Balaban J connectivity index is 0.000000337. The van der Waals surface area contributed by atoms with Crippen LogP contribution in [-0.2, 0) is 4.79 Å². The molecule has 2 heterocycles. The summed E-state index contributed by atoms with van der Waals surface area (Å²) >= 11 is 4.32. The summed E-state index contributed by atoms with van der Waals surface area (Å²) < 4.78 is 2.85. The van der Waals surface area contributed by atoms with Crippen LogP contribution in [0.3, 0.4) is 0 Å². The fraction of sp³-hybridized carbons (Fsp3) is 0.900. The van der Waals surface area contributed by atoms with Crippen molar-refractivity contribution in [3.05, 3.63) is 0 Å². The normalized spacial score (nSPS) is 25.7. The second kappa shape index (κ2) is 8.27. The molecule has 0 radical (unpaired) electrons. The fourth-order valence-corrected chi connectivity index (χ4v) is 4.62. The summed E-state index contributed by atoms with van der Waals surface area (Å²) in [5.41, 5.74) is 0. The number of nitrogens with one attached hydrogen (secondary N) is 1. The summed E-state index contributed by atoms with van der Waals surface area (Å²) in [7, 11) is 0.183. The van der Waals surface area contributed by atoms with Gasteiger partial charge in [-0.3, -0.25) is 4.79 Å². The fourth-order valence-electron chi connectivity index (χ4n) is 2.46. The maximum atomic E-state index is 8.57. The van der Waals surface area contributed by atoms with Crippen molar-refractivity contribution in [2.24, 2.45) is 0 Å². The molecule has 88 valence electrons. The van der Waals surface area contributed by atoms with Crippen LogP contribution in [0.25, 0.3) is 0 Å². The maximum Gasteiger partial charge on any atom is 0.208 e. The number of halogens is 1. The first kappa shape index (κ1) is 13.2. The number of hydrogen-bond acceptors (Lipinski definition) is 3. The summed E-state index contributed by atoms with van der Waals surface area (Å²) in [5.74, 6) is 0.222. The predicted octanol–water partition coefficient (Wildman–Crippen LogP) is 0.752. The molecular formula is C10H21ClN2OSi. The zero-order valence-electron chi connectivity index (χ0n) is 9.25. The van der Waals surface area contributed by atoms with Crippen molar-refractivity contribution in [3.8, 4) is 0 Å². The number of hydrogen-bond donors (Lipinski definition) is 1. The van der Waals surface area contributed by atoms with Crippen molar-refractivity contribution >= 4 is 27.0 Å². The monoisotopic (exact) mass is 248 g/mol. The first-order valence-electron chi connectivity index (χ1n) is 5.87. The van der Waals surface area contributed by atoms with Gasteiger partial charge in [0.25, 0.3) is 0 Å². The molecule has 2 saturated heterocycles. The molecule has 2 aliphatic rings. The minimum absolute atomic E-state index is 0.183. The SMILES string of the molecule is C1CCN(C2CCNCC2)[SiH2]C1.O=CCl. The van der Waals surface area contributed by atoms with Crippen LogP contribution in [0.4, 0.5) is 0 Å². The van der Waals surface area contributed by atoms with Crippen LogP contribution in [0, 0.1) is 0 Å². The first-order chi connectivity index (χ1) is 7.38. The summed E-state index contributed by atoms with van der Waals surface area (Å²) in [6.45, 7) is 3.95. The van der Waals surface area contributed by atoms with Gasteiger partial charge >= 0.3 is 0 Å². The van der Waals surface area contributed by atoms with Gasteiger partial charge in [0.2, 0.25) is 5.75 Å². The Bertz CT molecular complexity index is 155. The highest BCUT2D eigenvalue weighted by molar-refractivity contribution is 6.54. The molecule has 0 bridgehead atoms. The third kappa shape index (κ3) is 5.11. The van der Waals surface area contributed by atoms with Gasteiger partial charge in [-0.15, -0.1) is 0 Å². The average Bonchev–Trinajstić information content (AvgIpc) is 2.32. The number of carbonyl (C=O) groups is 1. The van der Waals surface area contributed by atoms with Crippen LogP contribution in [0.1, 0.15) is 25.7 Å². The lowest BCUT2D eigenvalue weighted by Gasteiger charge is -2.37. The highest BCUT2D eigenvalue weighted by Crippen LogP contribution is 2.16. The Morgan fingerprint density at radius 1 is 1.33 bits per heavy atom. The number of rotatable bonds is 1. The van der Waals surface area contributed by atoms with Crippen LogP contribution < -0.4 is 5.32 Å². The summed E-state index contributed by atoms with van der Waals surface area (Å²) in [4.78, 5) is 8.57. The van der Waals surface area contributed by atoms with E-state index in [1.165, 1.54) is 45.3 Å². The molecule has 0 aromatic carbocycles. The van der Waals surface area contributed by atoms with Crippen molar-refractivity contribution in [3.63, 3.8) is 0 Å². The van der Waals surface area contributed by atoms with E-state index in [2.05, 4.69) is 21.5 Å². The van der Waals surface area contributed by atoms with Crippen LogP contribution >= 0.6 is 11.6 Å². The van der Waals surface area contributed by atoms with Gasteiger partial charge in [-0.2, -0.15) is 0 Å². The van der Waals surface area contributed by atoms with Gasteiger partial charge in [0.15, 0.2) is 0 Å². The molecule has 2 aliphatic heterocycles. The van der Waals surface area contributed by atoms with E-state index in [4.69, 9.17) is 4.79 Å². The van der Waals surface area contributed by atoms with E-state index in [1.54, 1.807) is 6.04 Å². The van der Waals surface area contributed by atoms with Gasteiger partial charge in [-0.25, -0.2) is 0 Å². The molecule has 0 aromatic heterocycles. The lowest BCUT2D eigenvalue weighted by Crippen LogP contribution is -2.46. The lowest BCUT2D eigenvalue weighted by molar-refractivity contribution is 0.254. The second-order valence-corrected chi connectivity index (χ2v) is 6.31. The lowest BCUT2D eigenvalue weighted by atomic mass is 10.1. The van der Waals surface area contributed by atoms with E-state index in [9.17, 15) is 0 Å². The van der Waals surface area contributed by atoms with Crippen LogP contribution in [0.15, 0.2) is 0 Å². The van der Waals surface area contributed by atoms with Gasteiger partial charge in [0.05, 0.1) is 9.68 Å². The molecule has 0 unspecified atom stereocenters. The van der Waals surface area contributed by atoms with Crippen molar-refractivity contribution < 1.29 is 4.79 Å². The minimum Gasteiger partial charge on any atom is -0.326 e. The number of nitrogens with zero attached hydrogens (tertiary/aromatic N) is 1. The summed E-state index contributed by atoms with van der Waals surface area (Å²) in [5, 5.41) is 3.44. The van der Waals surface area contributed by atoms with Gasteiger partial charge in [0, 0.05) is 6.04 Å². The molecule has 5 heteroatoms. The molecule has 0 aromatic rings. The van der Waals surface area contributed by atoms with Crippen LogP contribution in [0.5, 0.6) is 0 Å². The third-order valence-electron chi connectivity index (χ3n) is 3.22. The predicted molar refractivity (Wildman–Crippen MR) is 67.8 cm³/mol. The molecule has 0 saturated carbocycles. The zero-order valence-corrected chi connectivity index (χ0v) is 11.4. The molecular weight excluding hydrogens is 228 g/mol. The highest BCUT2D eigenvalue weighted by Gasteiger charge is 2.21. The molecule has 2 rings (SSSR count).